The number of para-hydroxylation sites is 1. The molecule has 0 saturated carbocycles. The minimum Gasteiger partial charge on any atom is -0.493 e. The summed E-state index contributed by atoms with van der Waals surface area (Å²) in [7, 11) is -4.58. The molecule has 0 aliphatic carbocycles. The molecule has 10 nitrogen and oxygen atoms in total. The molecule has 0 heterocycles. The molecule has 2 aromatic rings. The van der Waals surface area contributed by atoms with Crippen LogP contribution < -0.4 is 19.7 Å². The van der Waals surface area contributed by atoms with E-state index in [2.05, 4.69) is 11.4 Å². The van der Waals surface area contributed by atoms with E-state index in [1.165, 1.54) is 69.2 Å². The molecule has 0 saturated heterocycles. The predicted molar refractivity (Wildman–Crippen MR) is 152 cm³/mol. The first-order valence-corrected chi connectivity index (χ1v) is 15.4. The normalized spacial score (nSPS) is 13.3. The first kappa shape index (κ1) is 33.3. The van der Waals surface area contributed by atoms with Crippen LogP contribution in [0.2, 0.25) is 0 Å². The molecule has 222 valence electrons. The van der Waals surface area contributed by atoms with Crippen molar-refractivity contribution >= 4 is 19.8 Å². The first-order valence-electron chi connectivity index (χ1n) is 13.9. The van der Waals surface area contributed by atoms with E-state index in [9.17, 15) is 19.0 Å². The van der Waals surface area contributed by atoms with Crippen molar-refractivity contribution in [2.24, 2.45) is 5.73 Å². The third-order valence-electron chi connectivity index (χ3n) is 6.09. The zero-order chi connectivity index (χ0) is 29.2. The van der Waals surface area contributed by atoms with Gasteiger partial charge in [0.05, 0.1) is 19.6 Å². The molecule has 2 rings (SSSR count). The first-order chi connectivity index (χ1) is 19.2. The van der Waals surface area contributed by atoms with Crippen molar-refractivity contribution in [3.05, 3.63) is 54.1 Å². The summed E-state index contributed by atoms with van der Waals surface area (Å²) in [4.78, 5) is 32.8. The second-order valence-corrected chi connectivity index (χ2v) is 10.9. The molecule has 0 fully saturated rings. The Bertz CT molecular complexity index is 1080. The highest BCUT2D eigenvalue weighted by Gasteiger charge is 2.26. The quantitative estimate of drug-likeness (QED) is 0.0690. The van der Waals surface area contributed by atoms with Crippen LogP contribution in [0.3, 0.4) is 0 Å². The van der Waals surface area contributed by atoms with E-state index in [4.69, 9.17) is 24.8 Å². The predicted octanol–water partition coefficient (Wildman–Crippen LogP) is 6.04. The standard InChI is InChI=1S/C29H42NO9P/c1-2-3-4-5-6-7-8-9-12-21-36-27-14-11-10-13-23(27)15-20-28(31)38-24-16-18-25(19-17-24)39-40(34,35)37-22-26(30)29(32)33/h10-11,13-14,16-19,26H,2-9,12,15,20-22,30H2,1H3,(H,32,33)(H,34,35)/t26-/m0/s1. The molecule has 1 unspecified atom stereocenters. The number of phosphoric acid groups is 1. The van der Waals surface area contributed by atoms with E-state index < -0.39 is 32.4 Å². The van der Waals surface area contributed by atoms with Gasteiger partial charge in [-0.2, -0.15) is 0 Å². The molecule has 0 radical (unpaired) electrons. The molecule has 40 heavy (non-hydrogen) atoms. The van der Waals surface area contributed by atoms with E-state index in [-0.39, 0.29) is 17.9 Å². The van der Waals surface area contributed by atoms with Gasteiger partial charge in [0.25, 0.3) is 0 Å². The lowest BCUT2D eigenvalue weighted by Gasteiger charge is -2.14. The van der Waals surface area contributed by atoms with Gasteiger partial charge in [0, 0.05) is 0 Å². The van der Waals surface area contributed by atoms with Gasteiger partial charge in [-0.25, -0.2) is 4.57 Å². The number of rotatable bonds is 21. The number of aryl methyl sites for hydroxylation is 1. The second kappa shape index (κ2) is 18.4. The lowest BCUT2D eigenvalue weighted by molar-refractivity contribution is -0.139. The van der Waals surface area contributed by atoms with Crippen LogP contribution in [0.4, 0.5) is 0 Å². The fourth-order valence-electron chi connectivity index (χ4n) is 3.84. The monoisotopic (exact) mass is 579 g/mol. The zero-order valence-electron chi connectivity index (χ0n) is 23.2. The molecule has 0 amide bonds. The number of carboxylic acid groups (broad SMARTS) is 1. The molecule has 0 aliphatic heterocycles. The molecule has 2 aromatic carbocycles. The van der Waals surface area contributed by atoms with Crippen LogP contribution in [0.25, 0.3) is 0 Å². The Morgan fingerprint density at radius 1 is 0.900 bits per heavy atom. The second-order valence-electron chi connectivity index (χ2n) is 9.53. The Hall–Kier alpha value is -2.91. The highest BCUT2D eigenvalue weighted by Crippen LogP contribution is 2.44. The van der Waals surface area contributed by atoms with Crippen molar-refractivity contribution < 1.29 is 42.7 Å². The van der Waals surface area contributed by atoms with Crippen LogP contribution in [0.1, 0.15) is 76.7 Å². The van der Waals surface area contributed by atoms with Crippen LogP contribution in [-0.4, -0.2) is 41.2 Å². The number of phosphoric ester groups is 1. The van der Waals surface area contributed by atoms with Crippen molar-refractivity contribution in [2.45, 2.75) is 83.6 Å². The lowest BCUT2D eigenvalue weighted by atomic mass is 10.1. The third-order valence-corrected chi connectivity index (χ3v) is 7.00. The van der Waals surface area contributed by atoms with Gasteiger partial charge in [-0.15, -0.1) is 0 Å². The van der Waals surface area contributed by atoms with E-state index in [0.717, 1.165) is 24.2 Å². The summed E-state index contributed by atoms with van der Waals surface area (Å²) in [5, 5.41) is 8.71. The summed E-state index contributed by atoms with van der Waals surface area (Å²) in [5.74, 6) is -0.852. The number of nitrogens with two attached hydrogens (primary N) is 1. The number of aliphatic carboxylic acids is 1. The van der Waals surface area contributed by atoms with E-state index >= 15 is 0 Å². The average Bonchev–Trinajstić information content (AvgIpc) is 2.93. The van der Waals surface area contributed by atoms with Crippen LogP contribution in [0.15, 0.2) is 48.5 Å². The van der Waals surface area contributed by atoms with Crippen molar-refractivity contribution in [2.75, 3.05) is 13.2 Å². The van der Waals surface area contributed by atoms with Crippen molar-refractivity contribution in [3.8, 4) is 17.2 Å². The van der Waals surface area contributed by atoms with Crippen molar-refractivity contribution in [3.63, 3.8) is 0 Å². The van der Waals surface area contributed by atoms with Crippen LogP contribution >= 0.6 is 7.82 Å². The van der Waals surface area contributed by atoms with Gasteiger partial charge in [-0.1, -0.05) is 76.5 Å². The molecule has 0 aromatic heterocycles. The van der Waals surface area contributed by atoms with Gasteiger partial charge in [0.15, 0.2) is 0 Å². The fourth-order valence-corrected chi connectivity index (χ4v) is 4.63. The molecule has 11 heteroatoms. The van der Waals surface area contributed by atoms with Crippen LogP contribution in [0.5, 0.6) is 17.2 Å². The Balaban J connectivity index is 1.71. The number of esters is 1. The highest BCUT2D eigenvalue weighted by molar-refractivity contribution is 7.47. The number of carbonyl (C=O) groups excluding carboxylic acids is 1. The summed E-state index contributed by atoms with van der Waals surface area (Å²) < 4.78 is 32.8. The highest BCUT2D eigenvalue weighted by atomic mass is 31.2. The fraction of sp³-hybridized carbons (Fsp3) is 0.517. The van der Waals surface area contributed by atoms with Gasteiger partial charge in [-0.05, 0) is 48.7 Å². The number of ether oxygens (including phenoxy) is 2. The topological polar surface area (TPSA) is 155 Å². The number of hydrogen-bond donors (Lipinski definition) is 3. The molecule has 0 spiro atoms. The summed E-state index contributed by atoms with van der Waals surface area (Å²) in [6.45, 7) is 2.17. The zero-order valence-corrected chi connectivity index (χ0v) is 24.1. The van der Waals surface area contributed by atoms with E-state index in [1.54, 1.807) is 0 Å². The van der Waals surface area contributed by atoms with Crippen molar-refractivity contribution in [1.82, 2.24) is 0 Å². The molecule has 0 bridgehead atoms. The Morgan fingerprint density at radius 2 is 1.50 bits per heavy atom. The Kier molecular flexibility index (Phi) is 15.4. The van der Waals surface area contributed by atoms with Gasteiger partial charge in [-0.3, -0.25) is 19.0 Å². The van der Waals surface area contributed by atoms with Crippen LogP contribution in [-0.2, 0) is 25.1 Å². The molecular weight excluding hydrogens is 537 g/mol. The third kappa shape index (κ3) is 13.9. The maximum Gasteiger partial charge on any atom is 0.527 e. The minimum absolute atomic E-state index is 0.0346. The number of benzene rings is 2. The number of carbonyl (C=O) groups is 2. The number of unbranched alkanes of at least 4 members (excludes halogenated alkanes) is 8. The lowest BCUT2D eigenvalue weighted by Crippen LogP contribution is -2.34. The average molecular weight is 580 g/mol. The van der Waals surface area contributed by atoms with Crippen molar-refractivity contribution in [1.29, 1.82) is 0 Å². The summed E-state index contributed by atoms with van der Waals surface area (Å²) in [6.07, 6.45) is 11.8. The van der Waals surface area contributed by atoms with E-state index in [0.29, 0.717) is 13.0 Å². The summed E-state index contributed by atoms with van der Waals surface area (Å²) in [5.41, 5.74) is 6.17. The van der Waals surface area contributed by atoms with Crippen LogP contribution in [0, 0.1) is 0 Å². The summed E-state index contributed by atoms with van der Waals surface area (Å²) in [6, 6.07) is 11.6. The SMILES string of the molecule is CCCCCCCCCCCOc1ccccc1CCC(=O)Oc1ccc(OP(=O)(O)OC[C@H](N)C(=O)O)cc1. The van der Waals surface area contributed by atoms with Gasteiger partial charge < -0.3 is 24.8 Å². The summed E-state index contributed by atoms with van der Waals surface area (Å²) >= 11 is 0. The maximum absolute atomic E-state index is 12.4. The maximum atomic E-state index is 12.4. The molecule has 2 atom stereocenters. The van der Waals surface area contributed by atoms with E-state index in [1.807, 2.05) is 24.3 Å². The minimum atomic E-state index is -4.58. The molecular formula is C29H42NO9P. The largest absolute Gasteiger partial charge is 0.527 e. The van der Waals surface area contributed by atoms with Gasteiger partial charge >= 0.3 is 19.8 Å². The van der Waals surface area contributed by atoms with Gasteiger partial charge in [0.1, 0.15) is 23.3 Å². The number of hydrogen-bond acceptors (Lipinski definition) is 8. The smallest absolute Gasteiger partial charge is 0.493 e. The Morgan fingerprint density at radius 3 is 2.15 bits per heavy atom. The van der Waals surface area contributed by atoms with Gasteiger partial charge in [0.2, 0.25) is 0 Å². The molecule has 4 N–H and O–H groups in total. The molecule has 0 aliphatic rings. The number of carboxylic acids is 1. The Labute approximate surface area is 236 Å².